The van der Waals surface area contributed by atoms with Crippen molar-refractivity contribution in [2.45, 2.75) is 13.0 Å². The summed E-state index contributed by atoms with van der Waals surface area (Å²) in [6.07, 6.45) is 1.37. The van der Waals surface area contributed by atoms with E-state index in [4.69, 9.17) is 26.6 Å². The van der Waals surface area contributed by atoms with E-state index in [-0.39, 0.29) is 24.8 Å². The number of rotatable bonds is 7. The van der Waals surface area contributed by atoms with Crippen LogP contribution in [0.2, 0.25) is 5.02 Å². The van der Waals surface area contributed by atoms with E-state index in [1.165, 1.54) is 17.6 Å². The number of nitrogens with one attached hydrogen (secondary N) is 1. The number of oxime groups is 1. The average molecular weight is 391 g/mol. The molecule has 0 radical (unpaired) electrons. The minimum absolute atomic E-state index is 0.0385. The van der Waals surface area contributed by atoms with Gasteiger partial charge in [-0.25, -0.2) is 4.98 Å². The first kappa shape index (κ1) is 18.0. The molecule has 0 fully saturated rings. The van der Waals surface area contributed by atoms with Gasteiger partial charge in [0.25, 0.3) is 0 Å². The highest BCUT2D eigenvalue weighted by Gasteiger charge is 2.09. The molecule has 0 spiro atoms. The number of amides is 1. The summed E-state index contributed by atoms with van der Waals surface area (Å²) >= 11 is 7.51. The number of carbonyl (C=O) groups excluding carboxylic acids is 1. The molecule has 1 aromatic carbocycles. The minimum atomic E-state index is -0.343. The first-order valence-electron chi connectivity index (χ1n) is 7.59. The van der Waals surface area contributed by atoms with Crippen molar-refractivity contribution in [3.8, 4) is 10.8 Å². The monoisotopic (exact) mass is 390 g/mol. The number of nitrogens with two attached hydrogens (primary N) is 1. The molecule has 0 saturated heterocycles. The lowest BCUT2D eigenvalue weighted by atomic mass is 10.3. The lowest BCUT2D eigenvalue weighted by molar-refractivity contribution is -0.115. The van der Waals surface area contributed by atoms with Crippen LogP contribution < -0.4 is 11.1 Å². The molecule has 0 bridgehead atoms. The van der Waals surface area contributed by atoms with Gasteiger partial charge in [-0.15, -0.1) is 11.3 Å². The highest BCUT2D eigenvalue weighted by atomic mass is 35.5. The van der Waals surface area contributed by atoms with Crippen LogP contribution >= 0.6 is 22.9 Å². The van der Waals surface area contributed by atoms with E-state index in [9.17, 15) is 4.79 Å². The van der Waals surface area contributed by atoms with Crippen LogP contribution in [0.3, 0.4) is 0 Å². The highest BCUT2D eigenvalue weighted by Crippen LogP contribution is 2.24. The van der Waals surface area contributed by atoms with Crippen molar-refractivity contribution >= 4 is 40.4 Å². The quantitative estimate of drug-likeness (QED) is 0.362. The molecule has 0 aliphatic carbocycles. The Labute approximate surface area is 158 Å². The van der Waals surface area contributed by atoms with Crippen LogP contribution in [0.1, 0.15) is 12.1 Å². The molecule has 26 heavy (non-hydrogen) atoms. The summed E-state index contributed by atoms with van der Waals surface area (Å²) < 4.78 is 5.37. The molecule has 3 N–H and O–H groups in total. The topological polar surface area (TPSA) is 103 Å². The van der Waals surface area contributed by atoms with Crippen molar-refractivity contribution in [2.75, 3.05) is 5.32 Å². The Bertz CT molecular complexity index is 908. The van der Waals surface area contributed by atoms with E-state index >= 15 is 0 Å². The van der Waals surface area contributed by atoms with Crippen LogP contribution in [0.4, 0.5) is 5.69 Å². The molecule has 0 atom stereocenters. The lowest BCUT2D eigenvalue weighted by Gasteiger charge is -2.06. The maximum atomic E-state index is 11.9. The second-order valence-corrected chi connectivity index (χ2v) is 6.54. The molecule has 0 saturated carbocycles. The maximum Gasteiger partial charge on any atom is 0.236 e. The third-order valence-corrected chi connectivity index (χ3v) is 4.36. The fourth-order valence-corrected chi connectivity index (χ4v) is 2.86. The Hall–Kier alpha value is -2.84. The lowest BCUT2D eigenvalue weighted by Crippen LogP contribution is -2.22. The summed E-state index contributed by atoms with van der Waals surface area (Å²) in [5, 5.41) is 8.76. The number of hydrogen-bond acceptors (Lipinski definition) is 6. The normalized spacial score (nSPS) is 11.3. The molecule has 3 aromatic rings. The molecule has 0 unspecified atom stereocenters. The number of oxazole rings is 1. The molecule has 0 aliphatic rings. The molecule has 9 heteroatoms. The van der Waals surface area contributed by atoms with Gasteiger partial charge in [0, 0.05) is 0 Å². The van der Waals surface area contributed by atoms with Crippen molar-refractivity contribution in [1.29, 1.82) is 0 Å². The van der Waals surface area contributed by atoms with E-state index < -0.39 is 0 Å². The van der Waals surface area contributed by atoms with Gasteiger partial charge in [-0.05, 0) is 23.6 Å². The predicted octanol–water partition coefficient (Wildman–Crippen LogP) is 3.87. The van der Waals surface area contributed by atoms with Gasteiger partial charge in [0.15, 0.2) is 6.61 Å². The van der Waals surface area contributed by atoms with E-state index in [0.29, 0.717) is 22.3 Å². The van der Waals surface area contributed by atoms with Crippen molar-refractivity contribution in [3.63, 3.8) is 0 Å². The number of amidine groups is 1. The first-order valence-corrected chi connectivity index (χ1v) is 8.84. The van der Waals surface area contributed by atoms with E-state index in [0.717, 1.165) is 4.88 Å². The van der Waals surface area contributed by atoms with Crippen LogP contribution in [-0.2, 0) is 16.2 Å². The van der Waals surface area contributed by atoms with Crippen LogP contribution in [0.15, 0.2) is 57.6 Å². The Morgan fingerprint density at radius 3 is 2.96 bits per heavy atom. The molecule has 3 rings (SSSR count). The third-order valence-electron chi connectivity index (χ3n) is 3.17. The number of thiophene rings is 1. The van der Waals surface area contributed by atoms with E-state index in [2.05, 4.69) is 15.5 Å². The molecule has 2 heterocycles. The fourth-order valence-electron chi connectivity index (χ4n) is 2.02. The van der Waals surface area contributed by atoms with Crippen LogP contribution in [0.25, 0.3) is 10.8 Å². The van der Waals surface area contributed by atoms with Gasteiger partial charge in [-0.2, -0.15) is 0 Å². The summed E-state index contributed by atoms with van der Waals surface area (Å²) in [7, 11) is 0. The van der Waals surface area contributed by atoms with Gasteiger partial charge in [0.1, 0.15) is 17.8 Å². The van der Waals surface area contributed by atoms with Crippen molar-refractivity contribution in [1.82, 2.24) is 4.98 Å². The van der Waals surface area contributed by atoms with Crippen LogP contribution in [-0.4, -0.2) is 16.7 Å². The Morgan fingerprint density at radius 1 is 1.35 bits per heavy atom. The number of anilines is 1. The molecule has 134 valence electrons. The van der Waals surface area contributed by atoms with Gasteiger partial charge in [-0.1, -0.05) is 35.0 Å². The second-order valence-electron chi connectivity index (χ2n) is 5.18. The molecular formula is C17H15ClN4O3S. The Balaban J connectivity index is 1.48. The number of hydrogen-bond donors (Lipinski definition) is 2. The molecule has 2 aromatic heterocycles. The molecular weight excluding hydrogens is 376 g/mol. The largest absolute Gasteiger partial charge is 0.443 e. The summed E-state index contributed by atoms with van der Waals surface area (Å²) in [6.45, 7) is 0.0850. The van der Waals surface area contributed by atoms with Crippen molar-refractivity contribution in [2.24, 2.45) is 10.9 Å². The van der Waals surface area contributed by atoms with Gasteiger partial charge in [-0.3, -0.25) is 4.79 Å². The highest BCUT2D eigenvalue weighted by molar-refractivity contribution is 7.13. The van der Waals surface area contributed by atoms with Gasteiger partial charge in [0.2, 0.25) is 11.8 Å². The summed E-state index contributed by atoms with van der Waals surface area (Å²) in [5.41, 5.74) is 6.79. The number of benzene rings is 1. The minimum Gasteiger partial charge on any atom is -0.443 e. The zero-order valence-corrected chi connectivity index (χ0v) is 15.1. The number of para-hydroxylation sites is 1. The molecule has 7 nitrogen and oxygen atoms in total. The smallest absolute Gasteiger partial charge is 0.236 e. The number of nitrogens with zero attached hydrogens (tertiary/aromatic N) is 2. The number of halogens is 1. The second kappa shape index (κ2) is 8.50. The van der Waals surface area contributed by atoms with Crippen molar-refractivity contribution < 1.29 is 14.0 Å². The van der Waals surface area contributed by atoms with Gasteiger partial charge in [0.05, 0.1) is 22.0 Å². The van der Waals surface area contributed by atoms with Gasteiger partial charge < -0.3 is 20.3 Å². The Morgan fingerprint density at radius 2 is 2.19 bits per heavy atom. The number of carbonyl (C=O) groups is 1. The maximum absolute atomic E-state index is 11.9. The van der Waals surface area contributed by atoms with Gasteiger partial charge >= 0.3 is 0 Å². The van der Waals surface area contributed by atoms with Crippen LogP contribution in [0, 0.1) is 0 Å². The first-order chi connectivity index (χ1) is 12.6. The Kier molecular flexibility index (Phi) is 5.88. The zero-order chi connectivity index (χ0) is 18.4. The molecule has 1 amide bonds. The number of aromatic nitrogens is 1. The summed E-state index contributed by atoms with van der Waals surface area (Å²) in [4.78, 5) is 22.3. The van der Waals surface area contributed by atoms with Crippen molar-refractivity contribution in [3.05, 3.63) is 58.8 Å². The third kappa shape index (κ3) is 4.84. The van der Waals surface area contributed by atoms with Crippen LogP contribution in [0.5, 0.6) is 0 Å². The predicted molar refractivity (Wildman–Crippen MR) is 101 cm³/mol. The standard InChI is InChI=1S/C17H15ClN4O3S/c18-12-4-1-2-5-13(12)21-16(23)8-15(19)22-25-10-11-9-24-17(20-11)14-6-3-7-26-14/h1-7,9H,8,10H2,(H2,19,22)(H,21,23). The zero-order valence-electron chi connectivity index (χ0n) is 13.5. The summed E-state index contributed by atoms with van der Waals surface area (Å²) in [5.74, 6) is 0.218. The fraction of sp³-hybridized carbons (Fsp3) is 0.118. The SMILES string of the molecule is NC(CC(=O)Nc1ccccc1Cl)=NOCc1coc(-c2cccs2)n1. The van der Waals surface area contributed by atoms with E-state index in [1.807, 2.05) is 17.5 Å². The average Bonchev–Trinajstić information content (AvgIpc) is 3.28. The van der Waals surface area contributed by atoms with E-state index in [1.54, 1.807) is 24.3 Å². The molecule has 0 aliphatic heterocycles. The summed E-state index contributed by atoms with van der Waals surface area (Å²) in [6, 6.07) is 10.7.